The fourth-order valence-corrected chi connectivity index (χ4v) is 2.00. The van der Waals surface area contributed by atoms with Gasteiger partial charge in [-0.3, -0.25) is 4.79 Å². The number of carbonyl (C=O) groups is 1. The minimum Gasteiger partial charge on any atom is -0.397 e. The van der Waals surface area contributed by atoms with Gasteiger partial charge in [-0.25, -0.2) is 0 Å². The Morgan fingerprint density at radius 2 is 2.20 bits per heavy atom. The van der Waals surface area contributed by atoms with Crippen LogP contribution < -0.4 is 11.1 Å². The third-order valence-corrected chi connectivity index (χ3v) is 3.11. The van der Waals surface area contributed by atoms with Crippen LogP contribution in [0.3, 0.4) is 0 Å². The second-order valence-electron chi connectivity index (χ2n) is 4.54. The van der Waals surface area contributed by atoms with E-state index in [-0.39, 0.29) is 5.91 Å². The normalized spacial score (nSPS) is 10.1. The van der Waals surface area contributed by atoms with Crippen LogP contribution in [0.4, 0.5) is 11.4 Å². The fraction of sp³-hybridized carbons (Fsp3) is 0.200. The molecule has 1 aromatic heterocycles. The van der Waals surface area contributed by atoms with Crippen LogP contribution in [0.2, 0.25) is 0 Å². The zero-order valence-electron chi connectivity index (χ0n) is 11.5. The van der Waals surface area contributed by atoms with Crippen LogP contribution in [0.1, 0.15) is 28.5 Å². The van der Waals surface area contributed by atoms with Crippen molar-refractivity contribution in [3.63, 3.8) is 0 Å². The fourth-order valence-electron chi connectivity index (χ4n) is 2.00. The topological polar surface area (TPSA) is 83.8 Å². The SMILES string of the molecule is CCn1cc(N)cc1C(=O)Nc1cc(C#N)ccc1C. The number of hydrogen-bond donors (Lipinski definition) is 2. The van der Waals surface area contributed by atoms with Crippen LogP contribution in [-0.2, 0) is 6.54 Å². The molecule has 20 heavy (non-hydrogen) atoms. The van der Waals surface area contributed by atoms with Crippen molar-refractivity contribution in [3.8, 4) is 6.07 Å². The molecule has 0 fully saturated rings. The highest BCUT2D eigenvalue weighted by molar-refractivity contribution is 6.04. The first kappa shape index (κ1) is 13.7. The zero-order chi connectivity index (χ0) is 14.7. The molecular weight excluding hydrogens is 252 g/mol. The number of benzene rings is 1. The van der Waals surface area contributed by atoms with Crippen LogP contribution in [0.15, 0.2) is 30.5 Å². The van der Waals surface area contributed by atoms with Gasteiger partial charge in [0.05, 0.1) is 17.3 Å². The summed E-state index contributed by atoms with van der Waals surface area (Å²) in [5.74, 6) is -0.235. The van der Waals surface area contributed by atoms with Gasteiger partial charge in [0.15, 0.2) is 0 Å². The Bertz CT molecular complexity index is 694. The van der Waals surface area contributed by atoms with E-state index in [9.17, 15) is 4.79 Å². The maximum Gasteiger partial charge on any atom is 0.272 e. The number of nitrogen functional groups attached to an aromatic ring is 1. The first-order valence-corrected chi connectivity index (χ1v) is 6.33. The highest BCUT2D eigenvalue weighted by atomic mass is 16.1. The lowest BCUT2D eigenvalue weighted by molar-refractivity contribution is 0.101. The van der Waals surface area contributed by atoms with Crippen molar-refractivity contribution < 1.29 is 4.79 Å². The number of amides is 1. The lowest BCUT2D eigenvalue weighted by Crippen LogP contribution is -2.17. The molecule has 1 heterocycles. The summed E-state index contributed by atoms with van der Waals surface area (Å²) in [6.45, 7) is 4.49. The number of aromatic nitrogens is 1. The maximum absolute atomic E-state index is 12.3. The van der Waals surface area contributed by atoms with Gasteiger partial charge in [-0.1, -0.05) is 6.07 Å². The Kier molecular flexibility index (Phi) is 3.76. The molecule has 0 saturated heterocycles. The molecule has 0 aliphatic heterocycles. The van der Waals surface area contributed by atoms with Crippen LogP contribution >= 0.6 is 0 Å². The van der Waals surface area contributed by atoms with Crippen molar-refractivity contribution in [1.82, 2.24) is 4.57 Å². The highest BCUT2D eigenvalue weighted by Crippen LogP contribution is 2.19. The molecule has 0 unspecified atom stereocenters. The summed E-state index contributed by atoms with van der Waals surface area (Å²) < 4.78 is 1.79. The smallest absolute Gasteiger partial charge is 0.272 e. The number of nitrogens with zero attached hydrogens (tertiary/aromatic N) is 2. The second-order valence-corrected chi connectivity index (χ2v) is 4.54. The van der Waals surface area contributed by atoms with E-state index >= 15 is 0 Å². The van der Waals surface area contributed by atoms with Crippen molar-refractivity contribution >= 4 is 17.3 Å². The standard InChI is InChI=1S/C15H16N4O/c1-3-19-9-12(17)7-14(19)15(20)18-13-6-11(8-16)5-4-10(13)2/h4-7,9H,3,17H2,1-2H3,(H,18,20). The summed E-state index contributed by atoms with van der Waals surface area (Å²) in [5, 5.41) is 11.7. The quantitative estimate of drug-likeness (QED) is 0.897. The van der Waals surface area contributed by atoms with Crippen LogP contribution in [0.5, 0.6) is 0 Å². The zero-order valence-corrected chi connectivity index (χ0v) is 11.5. The third kappa shape index (κ3) is 2.64. The van der Waals surface area contributed by atoms with E-state index in [0.717, 1.165) is 5.56 Å². The summed E-state index contributed by atoms with van der Waals surface area (Å²) in [5.41, 5.74) is 8.83. The minimum absolute atomic E-state index is 0.235. The Hall–Kier alpha value is -2.74. The lowest BCUT2D eigenvalue weighted by Gasteiger charge is -2.10. The lowest BCUT2D eigenvalue weighted by atomic mass is 10.1. The van der Waals surface area contributed by atoms with Gasteiger partial charge in [0.1, 0.15) is 5.69 Å². The number of nitrogens with two attached hydrogens (primary N) is 1. The molecule has 5 nitrogen and oxygen atoms in total. The number of hydrogen-bond acceptors (Lipinski definition) is 3. The molecule has 0 bridgehead atoms. The van der Waals surface area contributed by atoms with Crippen LogP contribution in [0.25, 0.3) is 0 Å². The van der Waals surface area contributed by atoms with Gasteiger partial charge in [-0.15, -0.1) is 0 Å². The summed E-state index contributed by atoms with van der Waals surface area (Å²) in [6, 6.07) is 8.89. The summed E-state index contributed by atoms with van der Waals surface area (Å²) >= 11 is 0. The minimum atomic E-state index is -0.235. The molecule has 0 spiro atoms. The molecule has 1 aromatic carbocycles. The van der Waals surface area contributed by atoms with E-state index in [4.69, 9.17) is 11.0 Å². The summed E-state index contributed by atoms with van der Waals surface area (Å²) in [7, 11) is 0. The van der Waals surface area contributed by atoms with Gasteiger partial charge >= 0.3 is 0 Å². The number of anilines is 2. The van der Waals surface area contributed by atoms with Crippen molar-refractivity contribution in [1.29, 1.82) is 5.26 Å². The largest absolute Gasteiger partial charge is 0.397 e. The molecule has 0 radical (unpaired) electrons. The molecule has 0 atom stereocenters. The van der Waals surface area contributed by atoms with E-state index < -0.39 is 0 Å². The summed E-state index contributed by atoms with van der Waals surface area (Å²) in [4.78, 5) is 12.3. The van der Waals surface area contributed by atoms with Crippen molar-refractivity contribution in [2.75, 3.05) is 11.1 Å². The Morgan fingerprint density at radius 1 is 1.45 bits per heavy atom. The van der Waals surface area contributed by atoms with Crippen molar-refractivity contribution in [2.45, 2.75) is 20.4 Å². The molecule has 3 N–H and O–H groups in total. The molecule has 1 amide bonds. The van der Waals surface area contributed by atoms with Gasteiger partial charge in [0.2, 0.25) is 0 Å². The average Bonchev–Trinajstić information content (AvgIpc) is 2.82. The molecular formula is C15H16N4O. The van der Waals surface area contributed by atoms with E-state index in [2.05, 4.69) is 11.4 Å². The highest BCUT2D eigenvalue weighted by Gasteiger charge is 2.13. The van der Waals surface area contributed by atoms with Gasteiger partial charge in [0, 0.05) is 18.4 Å². The first-order valence-electron chi connectivity index (χ1n) is 6.33. The van der Waals surface area contributed by atoms with E-state index in [0.29, 0.717) is 29.2 Å². The van der Waals surface area contributed by atoms with E-state index in [1.807, 2.05) is 13.8 Å². The average molecular weight is 268 g/mol. The van der Waals surface area contributed by atoms with Crippen molar-refractivity contribution in [3.05, 3.63) is 47.3 Å². The predicted molar refractivity (Wildman–Crippen MR) is 78.4 cm³/mol. The number of carbonyl (C=O) groups excluding carboxylic acids is 1. The van der Waals surface area contributed by atoms with Crippen LogP contribution in [-0.4, -0.2) is 10.5 Å². The summed E-state index contributed by atoms with van der Waals surface area (Å²) in [6.07, 6.45) is 1.73. The number of nitriles is 1. The molecule has 102 valence electrons. The molecule has 2 aromatic rings. The Morgan fingerprint density at radius 3 is 2.85 bits per heavy atom. The van der Waals surface area contributed by atoms with Crippen molar-refractivity contribution in [2.24, 2.45) is 0 Å². The molecule has 0 aliphatic carbocycles. The Balaban J connectivity index is 2.30. The number of rotatable bonds is 3. The predicted octanol–water partition coefficient (Wildman–Crippen LogP) is 2.52. The van der Waals surface area contributed by atoms with Gasteiger partial charge in [-0.05, 0) is 37.6 Å². The first-order chi connectivity index (χ1) is 9.55. The van der Waals surface area contributed by atoms with E-state index in [1.165, 1.54) is 0 Å². The maximum atomic E-state index is 12.3. The molecule has 0 aliphatic rings. The monoisotopic (exact) mass is 268 g/mol. The van der Waals surface area contributed by atoms with Gasteiger partial charge < -0.3 is 15.6 Å². The second kappa shape index (κ2) is 5.49. The van der Waals surface area contributed by atoms with Gasteiger partial charge in [-0.2, -0.15) is 5.26 Å². The van der Waals surface area contributed by atoms with E-state index in [1.54, 1.807) is 35.0 Å². The van der Waals surface area contributed by atoms with Gasteiger partial charge in [0.25, 0.3) is 5.91 Å². The third-order valence-electron chi connectivity index (χ3n) is 3.11. The molecule has 0 saturated carbocycles. The van der Waals surface area contributed by atoms with Crippen LogP contribution in [0, 0.1) is 18.3 Å². The number of nitrogens with one attached hydrogen (secondary N) is 1. The number of aryl methyl sites for hydroxylation is 2. The molecule has 5 heteroatoms. The Labute approximate surface area is 117 Å². The molecule has 2 rings (SSSR count).